The zero-order chi connectivity index (χ0) is 12.5. The van der Waals surface area contributed by atoms with Gasteiger partial charge in [-0.25, -0.2) is 0 Å². The minimum Gasteiger partial charge on any atom is -0.380 e. The number of rotatable bonds is 7. The number of nitrogens with zero attached hydrogens (tertiary/aromatic N) is 1. The summed E-state index contributed by atoms with van der Waals surface area (Å²) in [6.45, 7) is 6.19. The summed E-state index contributed by atoms with van der Waals surface area (Å²) in [7, 11) is 1.85. The van der Waals surface area contributed by atoms with Crippen molar-refractivity contribution in [2.45, 2.75) is 25.0 Å². The van der Waals surface area contributed by atoms with Gasteiger partial charge < -0.3 is 15.0 Å². The lowest BCUT2D eigenvalue weighted by atomic mass is 10.2. The summed E-state index contributed by atoms with van der Waals surface area (Å²) >= 11 is 1.80. The van der Waals surface area contributed by atoms with Crippen LogP contribution in [0.5, 0.6) is 0 Å². The highest BCUT2D eigenvalue weighted by Crippen LogP contribution is 2.20. The fraction of sp³-hybridized carbons (Fsp3) is 0.917. The van der Waals surface area contributed by atoms with Crippen molar-refractivity contribution in [3.63, 3.8) is 0 Å². The van der Waals surface area contributed by atoms with Gasteiger partial charge >= 0.3 is 0 Å². The Bertz CT molecular complexity index is 221. The monoisotopic (exact) mass is 260 g/mol. The molecule has 1 heterocycles. The standard InChI is InChI=1S/C12H24N2O2S/c1-3-16-9-8-14(2)12(15)10-17-11-4-6-13-7-5-11/h11,13H,3-10H2,1-2H3. The molecule has 5 heteroatoms. The van der Waals surface area contributed by atoms with E-state index in [1.165, 1.54) is 12.8 Å². The second-order valence-electron chi connectivity index (χ2n) is 4.27. The lowest BCUT2D eigenvalue weighted by molar-refractivity contribution is -0.127. The van der Waals surface area contributed by atoms with Crippen molar-refractivity contribution in [1.82, 2.24) is 10.2 Å². The highest BCUT2D eigenvalue weighted by atomic mass is 32.2. The number of ether oxygens (including phenoxy) is 1. The van der Waals surface area contributed by atoms with E-state index in [9.17, 15) is 4.79 Å². The van der Waals surface area contributed by atoms with Gasteiger partial charge in [-0.3, -0.25) is 4.79 Å². The van der Waals surface area contributed by atoms with Crippen molar-refractivity contribution in [1.29, 1.82) is 0 Å². The largest absolute Gasteiger partial charge is 0.380 e. The molecule has 1 aliphatic rings. The summed E-state index contributed by atoms with van der Waals surface area (Å²) in [6, 6.07) is 0. The number of hydrogen-bond donors (Lipinski definition) is 1. The quantitative estimate of drug-likeness (QED) is 0.693. The molecule has 0 aromatic rings. The second kappa shape index (κ2) is 8.78. The van der Waals surface area contributed by atoms with Crippen molar-refractivity contribution in [3.05, 3.63) is 0 Å². The summed E-state index contributed by atoms with van der Waals surface area (Å²) in [5.41, 5.74) is 0. The van der Waals surface area contributed by atoms with Gasteiger partial charge in [0.15, 0.2) is 0 Å². The molecule has 0 bridgehead atoms. The summed E-state index contributed by atoms with van der Waals surface area (Å²) in [6.07, 6.45) is 2.36. The van der Waals surface area contributed by atoms with E-state index in [4.69, 9.17) is 4.74 Å². The van der Waals surface area contributed by atoms with Crippen molar-refractivity contribution in [2.24, 2.45) is 0 Å². The van der Waals surface area contributed by atoms with E-state index in [2.05, 4.69) is 5.32 Å². The highest BCUT2D eigenvalue weighted by Gasteiger charge is 2.16. The smallest absolute Gasteiger partial charge is 0.232 e. The molecule has 0 spiro atoms. The summed E-state index contributed by atoms with van der Waals surface area (Å²) in [4.78, 5) is 13.6. The molecular weight excluding hydrogens is 236 g/mol. The first-order valence-electron chi connectivity index (χ1n) is 6.38. The van der Waals surface area contributed by atoms with E-state index in [0.717, 1.165) is 13.1 Å². The van der Waals surface area contributed by atoms with Crippen LogP contribution < -0.4 is 5.32 Å². The van der Waals surface area contributed by atoms with Crippen molar-refractivity contribution in [2.75, 3.05) is 45.6 Å². The fourth-order valence-electron chi connectivity index (χ4n) is 1.73. The number of likely N-dealkylation sites (N-methyl/N-ethyl adjacent to an activating group) is 1. The Kier molecular flexibility index (Phi) is 7.64. The predicted molar refractivity (Wildman–Crippen MR) is 72.5 cm³/mol. The van der Waals surface area contributed by atoms with Crippen LogP contribution in [-0.4, -0.2) is 61.7 Å². The fourth-order valence-corrected chi connectivity index (χ4v) is 2.90. The predicted octanol–water partition coefficient (Wildman–Crippen LogP) is 0.966. The molecule has 1 amide bonds. The van der Waals surface area contributed by atoms with E-state index >= 15 is 0 Å². The molecule has 1 saturated heterocycles. The Morgan fingerprint density at radius 2 is 2.18 bits per heavy atom. The van der Waals surface area contributed by atoms with E-state index in [1.54, 1.807) is 16.7 Å². The zero-order valence-electron chi connectivity index (χ0n) is 10.9. The minimum atomic E-state index is 0.216. The van der Waals surface area contributed by atoms with Crippen molar-refractivity contribution in [3.8, 4) is 0 Å². The van der Waals surface area contributed by atoms with Crippen molar-refractivity contribution < 1.29 is 9.53 Å². The maximum atomic E-state index is 11.8. The highest BCUT2D eigenvalue weighted by molar-refractivity contribution is 8.00. The molecule has 0 aromatic carbocycles. The third-order valence-electron chi connectivity index (χ3n) is 2.93. The zero-order valence-corrected chi connectivity index (χ0v) is 11.7. The maximum absolute atomic E-state index is 11.8. The Morgan fingerprint density at radius 1 is 1.47 bits per heavy atom. The third kappa shape index (κ3) is 6.29. The van der Waals surface area contributed by atoms with Crippen molar-refractivity contribution >= 4 is 17.7 Å². The number of thioether (sulfide) groups is 1. The number of amides is 1. The molecule has 1 N–H and O–H groups in total. The van der Waals surface area contributed by atoms with E-state index in [0.29, 0.717) is 30.8 Å². The summed E-state index contributed by atoms with van der Waals surface area (Å²) in [5.74, 6) is 0.820. The first-order valence-corrected chi connectivity index (χ1v) is 7.43. The molecule has 1 fully saturated rings. The minimum absolute atomic E-state index is 0.216. The topological polar surface area (TPSA) is 41.6 Å². The Labute approximate surface area is 108 Å². The lowest BCUT2D eigenvalue weighted by Gasteiger charge is -2.23. The van der Waals surface area contributed by atoms with Gasteiger partial charge in [0.05, 0.1) is 12.4 Å². The van der Waals surface area contributed by atoms with Gasteiger partial charge in [-0.15, -0.1) is 11.8 Å². The van der Waals surface area contributed by atoms with Crippen LogP contribution in [0.15, 0.2) is 0 Å². The maximum Gasteiger partial charge on any atom is 0.232 e. The molecule has 100 valence electrons. The molecule has 0 aliphatic carbocycles. The Morgan fingerprint density at radius 3 is 2.82 bits per heavy atom. The molecule has 1 aliphatic heterocycles. The average molecular weight is 260 g/mol. The van der Waals surface area contributed by atoms with Crippen LogP contribution in [0.2, 0.25) is 0 Å². The summed E-state index contributed by atoms with van der Waals surface area (Å²) in [5, 5.41) is 3.99. The lowest BCUT2D eigenvalue weighted by Crippen LogP contribution is -2.33. The Balaban J connectivity index is 2.10. The van der Waals surface area contributed by atoms with Gasteiger partial charge in [0.25, 0.3) is 0 Å². The second-order valence-corrected chi connectivity index (χ2v) is 5.56. The van der Waals surface area contributed by atoms with Gasteiger partial charge in [-0.05, 0) is 32.9 Å². The Hall–Kier alpha value is -0.260. The molecule has 4 nitrogen and oxygen atoms in total. The van der Waals surface area contributed by atoms with Crippen LogP contribution in [0.4, 0.5) is 0 Å². The SMILES string of the molecule is CCOCCN(C)C(=O)CSC1CCNCC1. The average Bonchev–Trinajstić information content (AvgIpc) is 2.37. The van der Waals surface area contributed by atoms with Crippen LogP contribution in [0.1, 0.15) is 19.8 Å². The normalized spacial score (nSPS) is 17.1. The van der Waals surface area contributed by atoms with Crippen LogP contribution in [-0.2, 0) is 9.53 Å². The van der Waals surface area contributed by atoms with Gasteiger partial charge in [-0.1, -0.05) is 0 Å². The van der Waals surface area contributed by atoms with Crippen LogP contribution >= 0.6 is 11.8 Å². The number of carbonyl (C=O) groups excluding carboxylic acids is 1. The van der Waals surface area contributed by atoms with Crippen LogP contribution in [0.25, 0.3) is 0 Å². The molecule has 0 unspecified atom stereocenters. The van der Waals surface area contributed by atoms with Crippen LogP contribution in [0.3, 0.4) is 0 Å². The summed E-state index contributed by atoms with van der Waals surface area (Å²) < 4.78 is 5.24. The van der Waals surface area contributed by atoms with Gasteiger partial charge in [0, 0.05) is 25.4 Å². The van der Waals surface area contributed by atoms with E-state index in [-0.39, 0.29) is 5.91 Å². The van der Waals surface area contributed by atoms with Gasteiger partial charge in [-0.2, -0.15) is 0 Å². The number of piperidine rings is 1. The molecule has 0 saturated carbocycles. The van der Waals surface area contributed by atoms with Crippen LogP contribution in [0, 0.1) is 0 Å². The number of carbonyl (C=O) groups is 1. The number of hydrogen-bond acceptors (Lipinski definition) is 4. The molecule has 0 aromatic heterocycles. The molecule has 0 atom stereocenters. The van der Waals surface area contributed by atoms with Gasteiger partial charge in [0.2, 0.25) is 5.91 Å². The van der Waals surface area contributed by atoms with E-state index in [1.807, 2.05) is 14.0 Å². The first-order chi connectivity index (χ1) is 8.24. The number of nitrogens with one attached hydrogen (secondary N) is 1. The molecule has 0 radical (unpaired) electrons. The molecule has 1 rings (SSSR count). The van der Waals surface area contributed by atoms with Gasteiger partial charge in [0.1, 0.15) is 0 Å². The third-order valence-corrected chi connectivity index (χ3v) is 4.29. The molecular formula is C12H24N2O2S. The molecule has 17 heavy (non-hydrogen) atoms. The van der Waals surface area contributed by atoms with E-state index < -0.39 is 0 Å². The first kappa shape index (κ1) is 14.8.